The number of aliphatic imine (C=N–C) groups is 1. The van der Waals surface area contributed by atoms with Crippen LogP contribution in [0.1, 0.15) is 10.4 Å². The number of carbonyl (C=O) groups excluding carboxylic acids is 1. The number of benzene rings is 1. The van der Waals surface area contributed by atoms with E-state index in [4.69, 9.17) is 0 Å². The summed E-state index contributed by atoms with van der Waals surface area (Å²) >= 11 is 0. The van der Waals surface area contributed by atoms with E-state index in [9.17, 15) is 9.90 Å². The molecule has 1 aromatic rings. The topological polar surface area (TPSA) is 61.7 Å². The van der Waals surface area contributed by atoms with Crippen molar-refractivity contribution in [1.29, 1.82) is 0 Å². The summed E-state index contributed by atoms with van der Waals surface area (Å²) in [5, 5.41) is 10.0. The average molecular weight is 178 g/mol. The van der Waals surface area contributed by atoms with Gasteiger partial charge in [0.1, 0.15) is 0 Å². The van der Waals surface area contributed by atoms with Gasteiger partial charge in [0.05, 0.1) is 18.4 Å². The fourth-order valence-electron chi connectivity index (χ4n) is 0.892. The van der Waals surface area contributed by atoms with Crippen LogP contribution in [0.4, 0.5) is 5.69 Å². The highest BCUT2D eigenvalue weighted by Gasteiger charge is 2.03. The van der Waals surface area contributed by atoms with Gasteiger partial charge in [-0.25, -0.2) is 4.79 Å². The van der Waals surface area contributed by atoms with E-state index in [1.54, 1.807) is 18.2 Å². The third-order valence-electron chi connectivity index (χ3n) is 1.47. The lowest BCUT2D eigenvalue weighted by Crippen LogP contribution is -2.00. The Labute approximate surface area is 75.5 Å². The highest BCUT2D eigenvalue weighted by Crippen LogP contribution is 2.13. The van der Waals surface area contributed by atoms with Gasteiger partial charge in [-0.3, -0.25) is 4.99 Å². The fourth-order valence-corrected chi connectivity index (χ4v) is 0.892. The minimum Gasteiger partial charge on any atom is -0.864 e. The SMILES string of the molecule is COC(=O)c1cccc(N=C[O-])c1. The zero-order valence-electron chi connectivity index (χ0n) is 7.06. The van der Waals surface area contributed by atoms with Crippen LogP contribution in [0.2, 0.25) is 0 Å². The first-order chi connectivity index (χ1) is 6.27. The molecule has 4 heteroatoms. The number of methoxy groups -OCH3 is 1. The summed E-state index contributed by atoms with van der Waals surface area (Å²) in [6.45, 7) is 0. The molecule has 0 heterocycles. The molecular weight excluding hydrogens is 170 g/mol. The molecule has 0 amide bonds. The normalized spacial score (nSPS) is 10.2. The molecule has 68 valence electrons. The van der Waals surface area contributed by atoms with Crippen LogP contribution in [-0.2, 0) is 4.74 Å². The second kappa shape index (κ2) is 4.25. The molecule has 0 spiro atoms. The number of rotatable bonds is 2. The van der Waals surface area contributed by atoms with Gasteiger partial charge >= 0.3 is 5.97 Å². The Morgan fingerprint density at radius 2 is 2.38 bits per heavy atom. The van der Waals surface area contributed by atoms with Crippen molar-refractivity contribution < 1.29 is 14.6 Å². The van der Waals surface area contributed by atoms with Crippen LogP contribution in [0.25, 0.3) is 0 Å². The molecule has 0 radical (unpaired) electrons. The average Bonchev–Trinajstić information content (AvgIpc) is 2.18. The van der Waals surface area contributed by atoms with Gasteiger partial charge in [-0.15, -0.1) is 0 Å². The molecule has 1 aromatic carbocycles. The number of nitrogens with zero attached hydrogens (tertiary/aromatic N) is 1. The van der Waals surface area contributed by atoms with Gasteiger partial charge in [-0.05, 0) is 18.2 Å². The summed E-state index contributed by atoms with van der Waals surface area (Å²) in [4.78, 5) is 14.5. The Morgan fingerprint density at radius 3 is 3.00 bits per heavy atom. The molecule has 0 aromatic heterocycles. The van der Waals surface area contributed by atoms with Crippen LogP contribution in [-0.4, -0.2) is 19.5 Å². The zero-order valence-corrected chi connectivity index (χ0v) is 7.06. The summed E-state index contributed by atoms with van der Waals surface area (Å²) in [6.07, 6.45) is 0.427. The molecule has 0 saturated heterocycles. The molecule has 0 aliphatic heterocycles. The standard InChI is InChI=1S/C9H9NO3/c1-13-9(12)7-3-2-4-8(5-7)10-6-11/h2-6H,1H3,(H,10,11)/p-1. The molecule has 0 N–H and O–H groups in total. The van der Waals surface area contributed by atoms with Crippen LogP contribution < -0.4 is 5.11 Å². The van der Waals surface area contributed by atoms with Crippen LogP contribution in [0, 0.1) is 0 Å². The summed E-state index contributed by atoms with van der Waals surface area (Å²) in [5.74, 6) is -0.442. The molecule has 1 rings (SSSR count). The smallest absolute Gasteiger partial charge is 0.337 e. The predicted octanol–water partition coefficient (Wildman–Crippen LogP) is 0.493. The van der Waals surface area contributed by atoms with Crippen LogP contribution in [0.15, 0.2) is 29.3 Å². The lowest BCUT2D eigenvalue weighted by molar-refractivity contribution is -0.200. The van der Waals surface area contributed by atoms with Gasteiger partial charge in [-0.1, -0.05) is 12.5 Å². The molecular formula is C9H8NO3-. The van der Waals surface area contributed by atoms with Gasteiger partial charge in [0, 0.05) is 0 Å². The Hall–Kier alpha value is -1.84. The summed E-state index contributed by atoms with van der Waals surface area (Å²) < 4.78 is 4.50. The molecule has 0 fully saturated rings. The van der Waals surface area contributed by atoms with E-state index in [1.807, 2.05) is 0 Å². The van der Waals surface area contributed by atoms with E-state index in [2.05, 4.69) is 9.73 Å². The molecule has 0 unspecified atom stereocenters. The lowest BCUT2D eigenvalue weighted by atomic mass is 10.2. The predicted molar refractivity (Wildman–Crippen MR) is 45.9 cm³/mol. The molecule has 0 aliphatic rings. The Balaban J connectivity index is 2.98. The fraction of sp³-hybridized carbons (Fsp3) is 0.111. The number of hydrogen-bond acceptors (Lipinski definition) is 4. The van der Waals surface area contributed by atoms with E-state index < -0.39 is 5.97 Å². The van der Waals surface area contributed by atoms with Crippen LogP contribution in [0.3, 0.4) is 0 Å². The number of ether oxygens (including phenoxy) is 1. The Kier molecular flexibility index (Phi) is 3.03. The van der Waals surface area contributed by atoms with Crippen molar-refractivity contribution in [1.82, 2.24) is 0 Å². The Bertz CT molecular complexity index is 333. The van der Waals surface area contributed by atoms with Crippen molar-refractivity contribution in [3.05, 3.63) is 29.8 Å². The highest BCUT2D eigenvalue weighted by molar-refractivity contribution is 5.90. The van der Waals surface area contributed by atoms with Gasteiger partial charge in [0.15, 0.2) is 0 Å². The van der Waals surface area contributed by atoms with E-state index in [0.717, 1.165) is 0 Å². The Morgan fingerprint density at radius 1 is 1.62 bits per heavy atom. The largest absolute Gasteiger partial charge is 0.864 e. The first-order valence-electron chi connectivity index (χ1n) is 3.61. The monoisotopic (exact) mass is 178 g/mol. The van der Waals surface area contributed by atoms with E-state index >= 15 is 0 Å². The minimum absolute atomic E-state index is 0.380. The molecule has 13 heavy (non-hydrogen) atoms. The third kappa shape index (κ3) is 2.30. The molecule has 0 aliphatic carbocycles. The first-order valence-corrected chi connectivity index (χ1v) is 3.61. The highest BCUT2D eigenvalue weighted by atomic mass is 16.5. The quantitative estimate of drug-likeness (QED) is 0.376. The van der Waals surface area contributed by atoms with Gasteiger partial charge < -0.3 is 9.84 Å². The summed E-state index contributed by atoms with van der Waals surface area (Å²) in [7, 11) is 1.30. The van der Waals surface area contributed by atoms with Crippen molar-refractivity contribution in [3.8, 4) is 0 Å². The number of hydrogen-bond donors (Lipinski definition) is 0. The van der Waals surface area contributed by atoms with E-state index in [-0.39, 0.29) is 0 Å². The first kappa shape index (κ1) is 9.25. The van der Waals surface area contributed by atoms with Crippen LogP contribution in [0.5, 0.6) is 0 Å². The zero-order chi connectivity index (χ0) is 9.68. The molecule has 4 nitrogen and oxygen atoms in total. The van der Waals surface area contributed by atoms with E-state index in [0.29, 0.717) is 17.7 Å². The van der Waals surface area contributed by atoms with Gasteiger partial charge in [-0.2, -0.15) is 0 Å². The van der Waals surface area contributed by atoms with Crippen molar-refractivity contribution >= 4 is 18.1 Å². The second-order valence-corrected chi connectivity index (χ2v) is 2.28. The van der Waals surface area contributed by atoms with Crippen molar-refractivity contribution in [2.45, 2.75) is 0 Å². The number of esters is 1. The van der Waals surface area contributed by atoms with Crippen molar-refractivity contribution in [3.63, 3.8) is 0 Å². The maximum atomic E-state index is 11.0. The molecule has 0 atom stereocenters. The van der Waals surface area contributed by atoms with Crippen molar-refractivity contribution in [2.24, 2.45) is 4.99 Å². The van der Waals surface area contributed by atoms with Crippen LogP contribution >= 0.6 is 0 Å². The summed E-state index contributed by atoms with van der Waals surface area (Å²) in [5.41, 5.74) is 0.823. The minimum atomic E-state index is -0.442. The lowest BCUT2D eigenvalue weighted by Gasteiger charge is -2.00. The second-order valence-electron chi connectivity index (χ2n) is 2.28. The maximum Gasteiger partial charge on any atom is 0.337 e. The van der Waals surface area contributed by atoms with Crippen molar-refractivity contribution in [2.75, 3.05) is 7.11 Å². The van der Waals surface area contributed by atoms with Gasteiger partial charge in [0.2, 0.25) is 0 Å². The number of carbonyl (C=O) groups is 1. The molecule has 0 saturated carbocycles. The van der Waals surface area contributed by atoms with E-state index in [1.165, 1.54) is 13.2 Å². The maximum absolute atomic E-state index is 11.0. The third-order valence-corrected chi connectivity index (χ3v) is 1.47. The summed E-state index contributed by atoms with van der Waals surface area (Å²) in [6, 6.07) is 6.34. The van der Waals surface area contributed by atoms with Gasteiger partial charge in [0.25, 0.3) is 0 Å². The molecule has 0 bridgehead atoms.